The molecule has 0 bridgehead atoms. The molecule has 0 saturated carbocycles. The number of aliphatic hydroxyl groups is 1. The summed E-state index contributed by atoms with van der Waals surface area (Å²) < 4.78 is 23.1. The Bertz CT molecular complexity index is 1300. The van der Waals surface area contributed by atoms with Crippen LogP contribution in [0.15, 0.2) is 42.0 Å². The summed E-state index contributed by atoms with van der Waals surface area (Å²) in [6, 6.07) is 10.1. The number of carbonyl (C=O) groups is 2. The van der Waals surface area contributed by atoms with Crippen LogP contribution in [0, 0.1) is 0 Å². The number of amides is 1. The molecule has 1 N–H and O–H groups in total. The first kappa shape index (κ1) is 29.0. The number of ether oxygens (including phenoxy) is 4. The number of hydrogen-bond donors (Lipinski definition) is 1. The Balaban J connectivity index is 1.52. The van der Waals surface area contributed by atoms with Crippen molar-refractivity contribution in [2.24, 2.45) is 0 Å². The zero-order valence-electron chi connectivity index (χ0n) is 24.2. The third kappa shape index (κ3) is 6.21. The fourth-order valence-electron chi connectivity index (χ4n) is 5.77. The highest BCUT2D eigenvalue weighted by Crippen LogP contribution is 2.43. The Labute approximate surface area is 241 Å². The molecule has 2 saturated heterocycles. The van der Waals surface area contributed by atoms with Crippen molar-refractivity contribution in [1.29, 1.82) is 0 Å². The number of rotatable bonds is 11. The van der Waals surface area contributed by atoms with Crippen LogP contribution in [-0.2, 0) is 20.7 Å². The minimum Gasteiger partial charge on any atom is -0.507 e. The van der Waals surface area contributed by atoms with Gasteiger partial charge in [-0.15, -0.1) is 0 Å². The lowest BCUT2D eigenvalue weighted by molar-refractivity contribution is -0.140. The van der Waals surface area contributed by atoms with Crippen molar-refractivity contribution in [2.45, 2.75) is 52.2 Å². The molecule has 3 heterocycles. The number of fused-ring (bicyclic) bond motifs is 1. The van der Waals surface area contributed by atoms with E-state index in [1.54, 1.807) is 11.0 Å². The number of Topliss-reactive ketones (excluding diaryl/α,β-unsaturated/α-hetero) is 1. The van der Waals surface area contributed by atoms with Crippen molar-refractivity contribution in [3.05, 3.63) is 58.7 Å². The summed E-state index contributed by atoms with van der Waals surface area (Å²) in [7, 11) is 0. The highest BCUT2D eigenvalue weighted by molar-refractivity contribution is 6.46. The molecule has 2 atom stereocenters. The standard InChI is InChI=1S/C32H40N2O7/c1-4-15-40-26-10-7-22(20-27(26)39-5-2)29-28(30(35)23-8-9-25-24(19-23)18-21(3)41-25)31(36)32(37)34(29)12-6-11-33-13-16-38-17-14-33/h7-10,19-21,29,35H,4-6,11-18H2,1-3H3/b30-28+/t21-,29+/m1/s1. The van der Waals surface area contributed by atoms with Crippen LogP contribution in [0.5, 0.6) is 17.2 Å². The normalized spacial score (nSPS) is 22.1. The van der Waals surface area contributed by atoms with Crippen LogP contribution >= 0.6 is 0 Å². The molecule has 220 valence electrons. The molecule has 41 heavy (non-hydrogen) atoms. The summed E-state index contributed by atoms with van der Waals surface area (Å²) >= 11 is 0. The summed E-state index contributed by atoms with van der Waals surface area (Å²) in [6.07, 6.45) is 2.30. The van der Waals surface area contributed by atoms with E-state index in [1.165, 1.54) is 0 Å². The average Bonchev–Trinajstić information content (AvgIpc) is 3.48. The van der Waals surface area contributed by atoms with Gasteiger partial charge in [0.05, 0.1) is 38.0 Å². The summed E-state index contributed by atoms with van der Waals surface area (Å²) in [5.74, 6) is 0.443. The third-order valence-corrected chi connectivity index (χ3v) is 7.73. The Morgan fingerprint density at radius 2 is 1.83 bits per heavy atom. The average molecular weight is 565 g/mol. The molecule has 2 aromatic carbocycles. The van der Waals surface area contributed by atoms with Crippen molar-refractivity contribution in [3.63, 3.8) is 0 Å². The Morgan fingerprint density at radius 1 is 1.02 bits per heavy atom. The van der Waals surface area contributed by atoms with Gasteiger partial charge in [0.1, 0.15) is 17.6 Å². The van der Waals surface area contributed by atoms with Gasteiger partial charge in [0, 0.05) is 38.2 Å². The largest absolute Gasteiger partial charge is 0.507 e. The SMILES string of the molecule is CCCOc1ccc([C@H]2/C(=C(\O)c3ccc4c(c3)C[C@@H](C)O4)C(=O)C(=O)N2CCCN2CCOCC2)cc1OCC. The van der Waals surface area contributed by atoms with Crippen LogP contribution in [0.3, 0.4) is 0 Å². The van der Waals surface area contributed by atoms with Gasteiger partial charge in [-0.3, -0.25) is 14.5 Å². The Kier molecular flexibility index (Phi) is 9.15. The summed E-state index contributed by atoms with van der Waals surface area (Å²) in [4.78, 5) is 30.9. The van der Waals surface area contributed by atoms with Crippen LogP contribution in [0.4, 0.5) is 0 Å². The highest BCUT2D eigenvalue weighted by atomic mass is 16.5. The van der Waals surface area contributed by atoms with Gasteiger partial charge in [0.15, 0.2) is 11.5 Å². The first-order chi connectivity index (χ1) is 19.9. The van der Waals surface area contributed by atoms with E-state index in [0.29, 0.717) is 68.4 Å². The van der Waals surface area contributed by atoms with Gasteiger partial charge in [-0.2, -0.15) is 0 Å². The highest BCUT2D eigenvalue weighted by Gasteiger charge is 2.46. The summed E-state index contributed by atoms with van der Waals surface area (Å²) in [5, 5.41) is 11.6. The van der Waals surface area contributed by atoms with E-state index in [-0.39, 0.29) is 17.4 Å². The maximum absolute atomic E-state index is 13.6. The molecular formula is C32H40N2O7. The van der Waals surface area contributed by atoms with E-state index in [4.69, 9.17) is 18.9 Å². The molecule has 3 aliphatic heterocycles. The second-order valence-electron chi connectivity index (χ2n) is 10.7. The third-order valence-electron chi connectivity index (χ3n) is 7.73. The van der Waals surface area contributed by atoms with Gasteiger partial charge in [0.2, 0.25) is 0 Å². The van der Waals surface area contributed by atoms with Crippen molar-refractivity contribution >= 4 is 17.4 Å². The van der Waals surface area contributed by atoms with Gasteiger partial charge >= 0.3 is 0 Å². The van der Waals surface area contributed by atoms with Crippen LogP contribution in [0.1, 0.15) is 56.3 Å². The molecule has 0 aromatic heterocycles. The fourth-order valence-corrected chi connectivity index (χ4v) is 5.77. The van der Waals surface area contributed by atoms with E-state index in [1.807, 2.05) is 51.1 Å². The first-order valence-electron chi connectivity index (χ1n) is 14.7. The van der Waals surface area contributed by atoms with Crippen LogP contribution in [0.25, 0.3) is 5.76 Å². The number of carbonyl (C=O) groups excluding carboxylic acids is 2. The molecule has 1 amide bonds. The van der Waals surface area contributed by atoms with Crippen molar-refractivity contribution in [3.8, 4) is 17.2 Å². The minimum atomic E-state index is -0.762. The number of morpholine rings is 1. The number of nitrogens with zero attached hydrogens (tertiary/aromatic N) is 2. The number of hydrogen-bond acceptors (Lipinski definition) is 8. The number of aliphatic hydroxyl groups excluding tert-OH is 1. The molecule has 9 nitrogen and oxygen atoms in total. The Hall–Kier alpha value is -3.56. The predicted octanol–water partition coefficient (Wildman–Crippen LogP) is 4.34. The van der Waals surface area contributed by atoms with Gasteiger partial charge in [-0.05, 0) is 68.1 Å². The Morgan fingerprint density at radius 3 is 2.59 bits per heavy atom. The van der Waals surface area contributed by atoms with Crippen LogP contribution in [0.2, 0.25) is 0 Å². The molecule has 9 heteroatoms. The first-order valence-corrected chi connectivity index (χ1v) is 14.7. The van der Waals surface area contributed by atoms with Crippen molar-refractivity contribution < 1.29 is 33.6 Å². The van der Waals surface area contributed by atoms with Gasteiger partial charge in [-0.25, -0.2) is 0 Å². The zero-order valence-corrected chi connectivity index (χ0v) is 24.2. The van der Waals surface area contributed by atoms with E-state index in [2.05, 4.69) is 4.90 Å². The monoisotopic (exact) mass is 564 g/mol. The quantitative estimate of drug-likeness (QED) is 0.245. The molecule has 5 rings (SSSR count). The van der Waals surface area contributed by atoms with Gasteiger partial charge in [-0.1, -0.05) is 13.0 Å². The maximum Gasteiger partial charge on any atom is 0.295 e. The molecule has 0 spiro atoms. The topological polar surface area (TPSA) is 97.8 Å². The molecular weight excluding hydrogens is 524 g/mol. The second-order valence-corrected chi connectivity index (χ2v) is 10.7. The predicted molar refractivity (Wildman–Crippen MR) is 155 cm³/mol. The van der Waals surface area contributed by atoms with Crippen molar-refractivity contribution in [1.82, 2.24) is 9.80 Å². The van der Waals surface area contributed by atoms with E-state index >= 15 is 0 Å². The van der Waals surface area contributed by atoms with E-state index < -0.39 is 17.7 Å². The zero-order chi connectivity index (χ0) is 28.9. The van der Waals surface area contributed by atoms with Gasteiger partial charge < -0.3 is 29.0 Å². The number of ketones is 1. The molecule has 2 fully saturated rings. The number of benzene rings is 2. The minimum absolute atomic E-state index is 0.0462. The van der Waals surface area contributed by atoms with Crippen LogP contribution < -0.4 is 14.2 Å². The fraction of sp³-hybridized carbons (Fsp3) is 0.500. The summed E-state index contributed by atoms with van der Waals surface area (Å²) in [5.41, 5.74) is 2.22. The van der Waals surface area contributed by atoms with E-state index in [0.717, 1.165) is 37.4 Å². The smallest absolute Gasteiger partial charge is 0.295 e. The van der Waals surface area contributed by atoms with Gasteiger partial charge in [0.25, 0.3) is 11.7 Å². The molecule has 0 unspecified atom stereocenters. The molecule has 3 aliphatic rings. The lowest BCUT2D eigenvalue weighted by atomic mass is 9.94. The van der Waals surface area contributed by atoms with Crippen molar-refractivity contribution in [2.75, 3.05) is 52.6 Å². The molecule has 0 radical (unpaired) electrons. The number of likely N-dealkylation sites (tertiary alicyclic amines) is 1. The summed E-state index contributed by atoms with van der Waals surface area (Å²) in [6.45, 7) is 11.1. The molecule has 2 aromatic rings. The molecule has 0 aliphatic carbocycles. The lowest BCUT2D eigenvalue weighted by Crippen LogP contribution is -2.39. The maximum atomic E-state index is 13.6. The van der Waals surface area contributed by atoms with E-state index in [9.17, 15) is 14.7 Å². The lowest BCUT2D eigenvalue weighted by Gasteiger charge is -2.29. The van der Waals surface area contributed by atoms with Crippen LogP contribution in [-0.4, -0.2) is 85.3 Å². The second kappa shape index (κ2) is 13.0.